The van der Waals surface area contributed by atoms with Crippen LogP contribution in [0.4, 0.5) is 0 Å². The Kier molecular flexibility index (Phi) is 10.8. The van der Waals surface area contributed by atoms with Crippen molar-refractivity contribution < 1.29 is 32.0 Å². The molecule has 0 unspecified atom stereocenters. The number of fused-ring (bicyclic) bond motifs is 12. The lowest BCUT2D eigenvalue weighted by molar-refractivity contribution is 0.426. The zero-order chi connectivity index (χ0) is 75.6. The minimum absolute atomic E-state index is 0.177. The fourth-order valence-electron chi connectivity index (χ4n) is 13.0. The lowest BCUT2D eigenvalue weighted by atomic mass is 9.80. The minimum atomic E-state index is -1.41. The lowest BCUT2D eigenvalue weighted by Gasteiger charge is -2.19. The number of rotatable bonds is 6. The van der Waals surface area contributed by atoms with E-state index in [1.54, 1.807) is 12.1 Å². The Labute approximate surface area is 564 Å². The highest BCUT2D eigenvalue weighted by atomic mass is 79.9. The lowest BCUT2D eigenvalue weighted by Crippen LogP contribution is -2.29. The normalized spacial score (nSPS) is 13.9. The molecule has 2 N–H and O–H groups in total. The van der Waals surface area contributed by atoms with E-state index in [0.29, 0.717) is 38.8 Å². The Morgan fingerprint density at radius 1 is 0.239 bits per heavy atom. The third-order valence-electron chi connectivity index (χ3n) is 17.3. The van der Waals surface area contributed by atoms with E-state index in [2.05, 4.69) is 76.6 Å². The molecule has 0 heterocycles. The third kappa shape index (κ3) is 10.2. The van der Waals surface area contributed by atoms with Gasteiger partial charge in [-0.05, 0) is 209 Å². The highest BCUT2D eigenvalue weighted by molar-refractivity contribution is 9.10. The second-order valence-corrected chi connectivity index (χ2v) is 23.3. The van der Waals surface area contributed by atoms with Crippen LogP contribution in [-0.2, 0) is 0 Å². The SMILES string of the molecule is OB(O)c1ccc(-c2ccc3ccccc3c2)cc1.[2H]c1c([2H])c([2H])c2c(-c3cc4ccccc4c4ccccc34)c3c([2H])c([2H])c([2H])c([2H])c3c(-c3ccc(-c4ccc5ccccc5c4)cc3)c2c1[2H].[2H]c1c([2H])c([2H])c2c(-c3cc4ccccc4c4ccccc34)c3c([2H])c([2H])c([2H])c([2H])c3c(Br)c2c1[2H]. The van der Waals surface area contributed by atoms with Gasteiger partial charge in [0, 0.05) is 4.47 Å². The molecular weight excluding hydrogens is 1180 g/mol. The van der Waals surface area contributed by atoms with Gasteiger partial charge in [0.05, 0.1) is 21.9 Å². The van der Waals surface area contributed by atoms with Gasteiger partial charge < -0.3 is 10.0 Å². The van der Waals surface area contributed by atoms with E-state index in [0.717, 1.165) is 76.1 Å². The van der Waals surface area contributed by atoms with Crippen LogP contribution in [0.3, 0.4) is 0 Å². The molecule has 0 saturated carbocycles. The highest BCUT2D eigenvalue weighted by Gasteiger charge is 2.21. The molecule has 0 aliphatic carbocycles. The predicted octanol–water partition coefficient (Wildman–Crippen LogP) is 23.4. The summed E-state index contributed by atoms with van der Waals surface area (Å²) in [6.07, 6.45) is 0. The second kappa shape index (κ2) is 24.1. The van der Waals surface area contributed by atoms with Crippen LogP contribution in [0.2, 0.25) is 0 Å². The molecule has 18 rings (SSSR count). The molecule has 0 atom stereocenters. The number of halogens is 1. The van der Waals surface area contributed by atoms with Crippen LogP contribution in [0.1, 0.15) is 21.9 Å². The predicted molar refractivity (Wildman–Crippen MR) is 399 cm³/mol. The van der Waals surface area contributed by atoms with Crippen LogP contribution in [0.5, 0.6) is 0 Å². The standard InChI is InChI=1S/C44H28.C28H17Br.C16H13BO2/c1-2-12-32-27-33(26-23-29(32)11-1)30-21-24-31(25-22-30)43-38-17-7-9-19-40(38)44(41-20-10-8-18-39(41)43)42-28-34-13-3-4-14-35(34)36-15-5-6-16-37(36)42;29-28-24-15-7-5-13-22(24)27(23-14-6-8-16-25(23)28)26-17-18-9-1-2-10-19(18)20-11-3-4-12-21(20)26;18-17(19)16-9-7-13(8-10-16)15-6-5-12-3-1-2-4-14(12)11-15/h1-28H;1-17H;1-11,18-19H/i7D,8D,9D,10D,17D,18D,19D,20D;5D,6D,7D,8D,13D,14D,15D,16D;. The molecule has 0 spiro atoms. The van der Waals surface area contributed by atoms with Crippen LogP contribution < -0.4 is 5.46 Å². The number of benzene rings is 18. The van der Waals surface area contributed by atoms with Crippen molar-refractivity contribution in [3.8, 4) is 55.6 Å². The summed E-state index contributed by atoms with van der Waals surface area (Å²) in [4.78, 5) is 0. The van der Waals surface area contributed by atoms with Crippen LogP contribution in [0, 0.1) is 0 Å². The fraction of sp³-hybridized carbons (Fsp3) is 0. The molecule has 4 heteroatoms. The number of hydrogen-bond acceptors (Lipinski definition) is 2. The van der Waals surface area contributed by atoms with E-state index in [4.69, 9.17) is 26.5 Å². The summed E-state index contributed by atoms with van der Waals surface area (Å²) in [5, 5.41) is 31.7. The van der Waals surface area contributed by atoms with Gasteiger partial charge in [-0.15, -0.1) is 0 Å². The Hall–Kier alpha value is -11.0. The molecule has 18 aromatic rings. The Bertz CT molecular complexity index is 6720. The monoisotopic (exact) mass is 1250 g/mol. The molecule has 0 bridgehead atoms. The van der Waals surface area contributed by atoms with Crippen molar-refractivity contribution in [2.45, 2.75) is 0 Å². The van der Waals surface area contributed by atoms with E-state index in [-0.39, 0.29) is 95.9 Å². The molecule has 0 aromatic heterocycles. The smallest absolute Gasteiger partial charge is 0.423 e. The Morgan fingerprint density at radius 3 is 0.935 bits per heavy atom. The average molecular weight is 1250 g/mol. The zero-order valence-electron chi connectivity index (χ0n) is 64.9. The first-order valence-electron chi connectivity index (χ1n) is 38.0. The maximum Gasteiger partial charge on any atom is 0.488 e. The molecule has 432 valence electrons. The highest BCUT2D eigenvalue weighted by Crippen LogP contribution is 2.48. The zero-order valence-corrected chi connectivity index (χ0v) is 50.5. The van der Waals surface area contributed by atoms with Crippen molar-refractivity contribution in [3.63, 3.8) is 0 Å². The van der Waals surface area contributed by atoms with Gasteiger partial charge in [0.1, 0.15) is 0 Å². The van der Waals surface area contributed by atoms with E-state index >= 15 is 0 Å². The maximum absolute atomic E-state index is 9.37. The first kappa shape index (κ1) is 41.3. The van der Waals surface area contributed by atoms with Gasteiger partial charge in [-0.3, -0.25) is 0 Å². The molecule has 92 heavy (non-hydrogen) atoms. The van der Waals surface area contributed by atoms with Crippen molar-refractivity contribution in [2.75, 3.05) is 0 Å². The third-order valence-corrected chi connectivity index (χ3v) is 18.1. The van der Waals surface area contributed by atoms with Crippen LogP contribution in [0.25, 0.3) is 163 Å². The van der Waals surface area contributed by atoms with E-state index in [9.17, 15) is 5.48 Å². The molecule has 0 aliphatic heterocycles. The summed E-state index contributed by atoms with van der Waals surface area (Å²) >= 11 is 3.47. The van der Waals surface area contributed by atoms with Crippen LogP contribution >= 0.6 is 15.9 Å². The van der Waals surface area contributed by atoms with Gasteiger partial charge in [0.25, 0.3) is 0 Å². The summed E-state index contributed by atoms with van der Waals surface area (Å²) in [6, 6.07) is 73.5. The summed E-state index contributed by atoms with van der Waals surface area (Å²) in [7, 11) is -1.41. The first-order valence-corrected chi connectivity index (χ1v) is 30.8. The average Bonchev–Trinajstić information content (AvgIpc) is 0.701. The molecule has 18 aromatic carbocycles. The quantitative estimate of drug-likeness (QED) is 0.0990. The molecule has 2 nitrogen and oxygen atoms in total. The molecule has 0 amide bonds. The van der Waals surface area contributed by atoms with Gasteiger partial charge in [0.15, 0.2) is 0 Å². The summed E-state index contributed by atoms with van der Waals surface area (Å²) in [5.41, 5.74) is 7.50. The van der Waals surface area contributed by atoms with E-state index < -0.39 is 55.5 Å². The minimum Gasteiger partial charge on any atom is -0.423 e. The largest absolute Gasteiger partial charge is 0.488 e. The van der Waals surface area contributed by atoms with Gasteiger partial charge in [0.2, 0.25) is 0 Å². The van der Waals surface area contributed by atoms with Crippen molar-refractivity contribution in [3.05, 3.63) is 344 Å². The molecule has 0 aliphatic rings. The topological polar surface area (TPSA) is 40.5 Å². The molecule has 0 saturated heterocycles. The van der Waals surface area contributed by atoms with Crippen molar-refractivity contribution in [2.24, 2.45) is 0 Å². The van der Waals surface area contributed by atoms with E-state index in [1.165, 1.54) is 10.8 Å². The van der Waals surface area contributed by atoms with E-state index in [1.807, 2.05) is 170 Å². The van der Waals surface area contributed by atoms with Crippen LogP contribution in [0.15, 0.2) is 344 Å². The van der Waals surface area contributed by atoms with Crippen molar-refractivity contribution in [1.29, 1.82) is 0 Å². The Morgan fingerprint density at radius 2 is 0.533 bits per heavy atom. The van der Waals surface area contributed by atoms with Gasteiger partial charge >= 0.3 is 7.12 Å². The Balaban J connectivity index is 0.000000137. The van der Waals surface area contributed by atoms with Crippen LogP contribution in [-0.4, -0.2) is 17.2 Å². The van der Waals surface area contributed by atoms with Gasteiger partial charge in [-0.2, -0.15) is 0 Å². The first-order chi connectivity index (χ1) is 52.0. The maximum atomic E-state index is 9.37. The van der Waals surface area contributed by atoms with Crippen molar-refractivity contribution >= 4 is 136 Å². The van der Waals surface area contributed by atoms with Gasteiger partial charge in [-0.25, -0.2) is 0 Å². The molecule has 0 radical (unpaired) electrons. The van der Waals surface area contributed by atoms with Gasteiger partial charge in [-0.1, -0.05) is 315 Å². The molecule has 0 fully saturated rings. The van der Waals surface area contributed by atoms with Crippen molar-refractivity contribution in [1.82, 2.24) is 0 Å². The second-order valence-electron chi connectivity index (χ2n) is 22.5. The molecular formula is C88H58BBrO2. The summed E-state index contributed by atoms with van der Waals surface area (Å²) < 4.78 is 141. The fourth-order valence-corrected chi connectivity index (χ4v) is 13.6. The summed E-state index contributed by atoms with van der Waals surface area (Å²) in [5.74, 6) is 0. The number of hydrogen-bond donors (Lipinski definition) is 2. The summed E-state index contributed by atoms with van der Waals surface area (Å²) in [6.45, 7) is 0.